The van der Waals surface area contributed by atoms with E-state index in [2.05, 4.69) is 25.4 Å². The van der Waals surface area contributed by atoms with Crippen molar-refractivity contribution in [3.8, 4) is 11.4 Å². The van der Waals surface area contributed by atoms with Gasteiger partial charge in [0.25, 0.3) is 0 Å². The maximum absolute atomic E-state index is 15.0. The topological polar surface area (TPSA) is 81.0 Å². The van der Waals surface area contributed by atoms with Crippen LogP contribution in [-0.4, -0.2) is 50.7 Å². The van der Waals surface area contributed by atoms with Gasteiger partial charge in [0.1, 0.15) is 22.8 Å². The minimum Gasteiger partial charge on any atom is -0.494 e. The van der Waals surface area contributed by atoms with Gasteiger partial charge in [0.15, 0.2) is 11.6 Å². The largest absolute Gasteiger partial charge is 0.494 e. The molecule has 0 saturated carbocycles. The number of aryl methyl sites for hydroxylation is 2. The first kappa shape index (κ1) is 23.1. The Morgan fingerprint density at radius 2 is 2.00 bits per heavy atom. The van der Waals surface area contributed by atoms with Crippen LogP contribution in [0.5, 0.6) is 5.75 Å². The van der Waals surface area contributed by atoms with Gasteiger partial charge in [0.2, 0.25) is 0 Å². The summed E-state index contributed by atoms with van der Waals surface area (Å²) in [6, 6.07) is 6.47. The molecule has 1 saturated heterocycles. The summed E-state index contributed by atoms with van der Waals surface area (Å²) < 4.78 is 35.4. The Hall–Kier alpha value is -3.66. The van der Waals surface area contributed by atoms with Crippen molar-refractivity contribution >= 4 is 16.7 Å². The Morgan fingerprint density at radius 3 is 2.77 bits per heavy atom. The van der Waals surface area contributed by atoms with Crippen molar-refractivity contribution in [3.05, 3.63) is 65.2 Å². The Morgan fingerprint density at radius 1 is 1.14 bits per heavy atom. The molecule has 8 nitrogen and oxygen atoms in total. The highest BCUT2D eigenvalue weighted by Crippen LogP contribution is 2.32. The zero-order valence-electron chi connectivity index (χ0n) is 19.9. The molecule has 0 bridgehead atoms. The summed E-state index contributed by atoms with van der Waals surface area (Å²) in [7, 11) is 0. The summed E-state index contributed by atoms with van der Waals surface area (Å²) in [5.74, 6) is 0.400. The van der Waals surface area contributed by atoms with E-state index in [-0.39, 0.29) is 11.9 Å². The fourth-order valence-corrected chi connectivity index (χ4v) is 4.61. The number of hydrogen-bond acceptors (Lipinski definition) is 7. The molecule has 3 aromatic heterocycles. The fourth-order valence-electron chi connectivity index (χ4n) is 4.61. The van der Waals surface area contributed by atoms with E-state index in [0.29, 0.717) is 42.5 Å². The Balaban J connectivity index is 1.41. The molecule has 1 aliphatic heterocycles. The lowest BCUT2D eigenvalue weighted by molar-refractivity contribution is 0.338. The van der Waals surface area contributed by atoms with Crippen molar-refractivity contribution in [3.63, 3.8) is 0 Å². The lowest BCUT2D eigenvalue weighted by Gasteiger charge is -2.18. The summed E-state index contributed by atoms with van der Waals surface area (Å²) in [5, 5.41) is 17.9. The second-order valence-corrected chi connectivity index (χ2v) is 8.70. The molecule has 5 rings (SSSR count). The van der Waals surface area contributed by atoms with Crippen LogP contribution in [0.1, 0.15) is 30.3 Å². The SMILES string of the molecule is CCOc1ccc(-n2nc3c(N4CCC(NCc5cncc(F)c5)C4)nnc(C)c3c2C)c(F)c1. The van der Waals surface area contributed by atoms with Gasteiger partial charge in [-0.05, 0) is 51.0 Å². The van der Waals surface area contributed by atoms with E-state index in [9.17, 15) is 8.78 Å². The summed E-state index contributed by atoms with van der Waals surface area (Å²) >= 11 is 0. The van der Waals surface area contributed by atoms with E-state index in [1.165, 1.54) is 18.3 Å². The van der Waals surface area contributed by atoms with E-state index < -0.39 is 5.82 Å². The molecule has 0 amide bonds. The van der Waals surface area contributed by atoms with Gasteiger partial charge in [-0.2, -0.15) is 10.2 Å². The number of anilines is 1. The molecule has 1 atom stereocenters. The first-order valence-electron chi connectivity index (χ1n) is 11.7. The fraction of sp³-hybridized carbons (Fsp3) is 0.360. The number of nitrogens with one attached hydrogen (secondary N) is 1. The third-order valence-corrected chi connectivity index (χ3v) is 6.29. The first-order valence-corrected chi connectivity index (χ1v) is 11.7. The standard InChI is InChI=1S/C25H27F2N7O/c1-4-35-20-5-6-22(21(27)10-20)34-16(3)23-15(2)30-31-25(24(23)32-34)33-8-7-19(14-33)29-12-17-9-18(26)13-28-11-17/h5-6,9-11,13,19,29H,4,7-8,12,14H2,1-3H3. The second-order valence-electron chi connectivity index (χ2n) is 8.70. The van der Waals surface area contributed by atoms with Crippen molar-refractivity contribution in [2.24, 2.45) is 0 Å². The summed E-state index contributed by atoms with van der Waals surface area (Å²) in [4.78, 5) is 6.04. The van der Waals surface area contributed by atoms with Crippen molar-refractivity contribution in [1.82, 2.24) is 30.3 Å². The van der Waals surface area contributed by atoms with Gasteiger partial charge in [-0.3, -0.25) is 4.98 Å². The number of aromatic nitrogens is 5. The average Bonchev–Trinajstić information content (AvgIpc) is 3.44. The van der Waals surface area contributed by atoms with Crippen LogP contribution < -0.4 is 15.0 Å². The van der Waals surface area contributed by atoms with Crippen molar-refractivity contribution in [1.29, 1.82) is 0 Å². The first-order chi connectivity index (χ1) is 16.9. The van der Waals surface area contributed by atoms with Crippen LogP contribution in [0.2, 0.25) is 0 Å². The Kier molecular flexibility index (Phi) is 6.29. The Bertz CT molecular complexity index is 1370. The van der Waals surface area contributed by atoms with Crippen molar-refractivity contribution in [2.75, 3.05) is 24.6 Å². The third kappa shape index (κ3) is 4.53. The maximum atomic E-state index is 15.0. The van der Waals surface area contributed by atoms with E-state index in [1.807, 2.05) is 20.8 Å². The predicted octanol–water partition coefficient (Wildman–Crippen LogP) is 3.87. The van der Waals surface area contributed by atoms with Crippen LogP contribution in [0.3, 0.4) is 0 Å². The van der Waals surface area contributed by atoms with E-state index in [4.69, 9.17) is 9.84 Å². The molecule has 1 N–H and O–H groups in total. The number of hydrogen-bond donors (Lipinski definition) is 1. The molecule has 1 aromatic carbocycles. The number of pyridine rings is 1. The van der Waals surface area contributed by atoms with Gasteiger partial charge in [-0.1, -0.05) is 0 Å². The molecule has 4 aromatic rings. The number of halogens is 2. The number of benzene rings is 1. The number of rotatable bonds is 7. The molecule has 1 unspecified atom stereocenters. The van der Waals surface area contributed by atoms with Gasteiger partial charge in [0, 0.05) is 37.9 Å². The van der Waals surface area contributed by atoms with Crippen molar-refractivity contribution < 1.29 is 13.5 Å². The van der Waals surface area contributed by atoms with Crippen LogP contribution in [0.4, 0.5) is 14.6 Å². The molecule has 0 radical (unpaired) electrons. The highest BCUT2D eigenvalue weighted by Gasteiger charge is 2.28. The molecule has 1 aliphatic rings. The molecule has 10 heteroatoms. The minimum atomic E-state index is -0.413. The van der Waals surface area contributed by atoms with Gasteiger partial charge in [-0.15, -0.1) is 5.10 Å². The Labute approximate surface area is 201 Å². The van der Waals surface area contributed by atoms with Crippen molar-refractivity contribution in [2.45, 2.75) is 39.8 Å². The van der Waals surface area contributed by atoms with Crippen LogP contribution in [0.15, 0.2) is 36.7 Å². The molecular weight excluding hydrogens is 452 g/mol. The summed E-state index contributed by atoms with van der Waals surface area (Å²) in [6.45, 7) is 8.13. The molecular formula is C25H27F2N7O. The van der Waals surface area contributed by atoms with Crippen LogP contribution >= 0.6 is 0 Å². The highest BCUT2D eigenvalue weighted by atomic mass is 19.1. The van der Waals surface area contributed by atoms with E-state index >= 15 is 0 Å². The molecule has 4 heterocycles. The monoisotopic (exact) mass is 479 g/mol. The van der Waals surface area contributed by atoms with Crippen LogP contribution in [0, 0.1) is 25.5 Å². The zero-order chi connectivity index (χ0) is 24.5. The van der Waals surface area contributed by atoms with Gasteiger partial charge < -0.3 is 15.0 Å². The quantitative estimate of drug-likeness (QED) is 0.431. The molecule has 35 heavy (non-hydrogen) atoms. The highest BCUT2D eigenvalue weighted by molar-refractivity contribution is 5.92. The molecule has 0 aliphatic carbocycles. The summed E-state index contributed by atoms with van der Waals surface area (Å²) in [6.07, 6.45) is 3.75. The number of nitrogens with zero attached hydrogens (tertiary/aromatic N) is 6. The lowest BCUT2D eigenvalue weighted by Crippen LogP contribution is -2.32. The zero-order valence-corrected chi connectivity index (χ0v) is 19.9. The van der Waals surface area contributed by atoms with E-state index in [0.717, 1.165) is 35.3 Å². The van der Waals surface area contributed by atoms with Gasteiger partial charge in [0.05, 0.1) is 29.6 Å². The smallest absolute Gasteiger partial charge is 0.179 e. The maximum Gasteiger partial charge on any atom is 0.179 e. The number of ether oxygens (including phenoxy) is 1. The lowest BCUT2D eigenvalue weighted by atomic mass is 10.2. The predicted molar refractivity (Wildman–Crippen MR) is 129 cm³/mol. The molecule has 1 fully saturated rings. The second kappa shape index (κ2) is 9.53. The third-order valence-electron chi connectivity index (χ3n) is 6.29. The molecule has 182 valence electrons. The minimum absolute atomic E-state index is 0.197. The normalized spacial score (nSPS) is 15.8. The van der Waals surface area contributed by atoms with Gasteiger partial charge in [-0.25, -0.2) is 13.5 Å². The van der Waals surface area contributed by atoms with Crippen LogP contribution in [0.25, 0.3) is 16.6 Å². The number of fused-ring (bicyclic) bond motifs is 1. The van der Waals surface area contributed by atoms with Gasteiger partial charge >= 0.3 is 0 Å². The average molecular weight is 480 g/mol. The van der Waals surface area contributed by atoms with E-state index in [1.54, 1.807) is 23.0 Å². The van der Waals surface area contributed by atoms with Crippen LogP contribution in [-0.2, 0) is 6.54 Å². The molecule has 0 spiro atoms. The summed E-state index contributed by atoms with van der Waals surface area (Å²) in [5.41, 5.74) is 3.37.